The molecule has 6 nitrogen and oxygen atoms in total. The number of hydrogen-bond donors (Lipinski definition) is 1. The summed E-state index contributed by atoms with van der Waals surface area (Å²) >= 11 is 0. The number of carbonyl (C=O) groups excluding carboxylic acids is 1. The highest BCUT2D eigenvalue weighted by Gasteiger charge is 2.14. The number of anilines is 1. The predicted molar refractivity (Wildman–Crippen MR) is 105 cm³/mol. The maximum Gasteiger partial charge on any atom is 0.276 e. The van der Waals surface area contributed by atoms with Gasteiger partial charge in [-0.1, -0.05) is 29.8 Å². The molecule has 1 heterocycles. The van der Waals surface area contributed by atoms with Gasteiger partial charge >= 0.3 is 0 Å². The molecule has 140 valence electrons. The molecule has 0 aliphatic carbocycles. The molecule has 2 aromatic carbocycles. The van der Waals surface area contributed by atoms with Crippen LogP contribution in [0.5, 0.6) is 0 Å². The van der Waals surface area contributed by atoms with Crippen molar-refractivity contribution < 1.29 is 13.2 Å². The fourth-order valence-corrected chi connectivity index (χ4v) is 3.26. The van der Waals surface area contributed by atoms with Crippen molar-refractivity contribution in [3.05, 3.63) is 77.1 Å². The van der Waals surface area contributed by atoms with Crippen molar-refractivity contribution in [2.75, 3.05) is 11.6 Å². The number of hydrogen-bond acceptors (Lipinski definition) is 4. The third kappa shape index (κ3) is 4.62. The Hall–Kier alpha value is -2.93. The largest absolute Gasteiger partial charge is 0.321 e. The third-order valence-electron chi connectivity index (χ3n) is 4.21. The van der Waals surface area contributed by atoms with Gasteiger partial charge in [-0.15, -0.1) is 0 Å². The summed E-state index contributed by atoms with van der Waals surface area (Å²) in [6.07, 6.45) is 1.14. The second-order valence-electron chi connectivity index (χ2n) is 6.56. The highest BCUT2D eigenvalue weighted by atomic mass is 32.2. The molecule has 0 saturated heterocycles. The lowest BCUT2D eigenvalue weighted by Gasteiger charge is -2.05. The molecule has 0 bridgehead atoms. The normalized spacial score (nSPS) is 11.4. The van der Waals surface area contributed by atoms with Crippen LogP contribution < -0.4 is 5.32 Å². The molecule has 0 unspecified atom stereocenters. The molecule has 1 N–H and O–H groups in total. The average molecular weight is 383 g/mol. The monoisotopic (exact) mass is 383 g/mol. The molecular weight excluding hydrogens is 362 g/mol. The summed E-state index contributed by atoms with van der Waals surface area (Å²) in [5.74, 6) is -0.340. The Morgan fingerprint density at radius 3 is 2.26 bits per heavy atom. The Morgan fingerprint density at radius 2 is 1.67 bits per heavy atom. The van der Waals surface area contributed by atoms with Crippen LogP contribution in [0, 0.1) is 13.8 Å². The fraction of sp³-hybridized carbons (Fsp3) is 0.200. The molecule has 0 radical (unpaired) electrons. The number of aryl methyl sites for hydroxylation is 2. The lowest BCUT2D eigenvalue weighted by atomic mass is 10.1. The van der Waals surface area contributed by atoms with Gasteiger partial charge in [-0.3, -0.25) is 9.48 Å². The van der Waals surface area contributed by atoms with Gasteiger partial charge in [0.2, 0.25) is 0 Å². The summed E-state index contributed by atoms with van der Waals surface area (Å²) in [7, 11) is -3.26. The number of carbonyl (C=O) groups is 1. The van der Waals surface area contributed by atoms with Crippen molar-refractivity contribution in [1.29, 1.82) is 0 Å². The van der Waals surface area contributed by atoms with Crippen LogP contribution in [0.15, 0.2) is 59.5 Å². The molecule has 7 heteroatoms. The molecule has 0 atom stereocenters. The predicted octanol–water partition coefficient (Wildman–Crippen LogP) is 3.20. The highest BCUT2D eigenvalue weighted by Crippen LogP contribution is 2.15. The van der Waals surface area contributed by atoms with Gasteiger partial charge in [-0.25, -0.2) is 8.42 Å². The maximum absolute atomic E-state index is 12.5. The fourth-order valence-electron chi connectivity index (χ4n) is 2.63. The van der Waals surface area contributed by atoms with E-state index < -0.39 is 9.84 Å². The average Bonchev–Trinajstić information content (AvgIpc) is 2.97. The van der Waals surface area contributed by atoms with Crippen LogP contribution in [0.25, 0.3) is 0 Å². The third-order valence-corrected chi connectivity index (χ3v) is 5.34. The number of sulfone groups is 1. The van der Waals surface area contributed by atoms with E-state index in [9.17, 15) is 13.2 Å². The summed E-state index contributed by atoms with van der Waals surface area (Å²) in [5.41, 5.74) is 4.01. The van der Waals surface area contributed by atoms with Crippen LogP contribution >= 0.6 is 0 Å². The van der Waals surface area contributed by atoms with Gasteiger partial charge in [-0.05, 0) is 49.7 Å². The van der Waals surface area contributed by atoms with Crippen LogP contribution in [0.1, 0.15) is 27.3 Å². The number of rotatable bonds is 5. The van der Waals surface area contributed by atoms with E-state index in [4.69, 9.17) is 0 Å². The van der Waals surface area contributed by atoms with E-state index in [-0.39, 0.29) is 10.8 Å². The lowest BCUT2D eigenvalue weighted by Crippen LogP contribution is -2.13. The van der Waals surface area contributed by atoms with E-state index in [0.717, 1.165) is 17.5 Å². The second kappa shape index (κ2) is 7.36. The van der Waals surface area contributed by atoms with Crippen molar-refractivity contribution in [1.82, 2.24) is 9.78 Å². The summed E-state index contributed by atoms with van der Waals surface area (Å²) in [6.45, 7) is 4.52. The van der Waals surface area contributed by atoms with Gasteiger partial charge in [0.1, 0.15) is 0 Å². The zero-order valence-corrected chi connectivity index (χ0v) is 16.2. The van der Waals surface area contributed by atoms with Crippen molar-refractivity contribution in [3.63, 3.8) is 0 Å². The smallest absolute Gasteiger partial charge is 0.276 e. The number of aromatic nitrogens is 2. The van der Waals surface area contributed by atoms with Gasteiger partial charge in [0.15, 0.2) is 15.5 Å². The maximum atomic E-state index is 12.5. The minimum Gasteiger partial charge on any atom is -0.321 e. The van der Waals surface area contributed by atoms with Gasteiger partial charge in [0, 0.05) is 17.6 Å². The lowest BCUT2D eigenvalue weighted by molar-refractivity contribution is 0.102. The number of nitrogens with one attached hydrogen (secondary N) is 1. The van der Waals surface area contributed by atoms with Gasteiger partial charge in [0.25, 0.3) is 5.91 Å². The zero-order valence-electron chi connectivity index (χ0n) is 15.4. The molecule has 0 fully saturated rings. The molecular formula is C20H21N3O3S. The first kappa shape index (κ1) is 18.8. The van der Waals surface area contributed by atoms with E-state index in [0.29, 0.717) is 17.9 Å². The molecule has 3 aromatic rings. The zero-order chi connectivity index (χ0) is 19.6. The molecule has 1 aromatic heterocycles. The summed E-state index contributed by atoms with van der Waals surface area (Å²) in [4.78, 5) is 12.7. The summed E-state index contributed by atoms with van der Waals surface area (Å²) in [5, 5.41) is 7.13. The van der Waals surface area contributed by atoms with E-state index in [1.807, 2.05) is 38.1 Å². The Kier molecular flexibility index (Phi) is 5.14. The molecule has 0 spiro atoms. The Labute approximate surface area is 158 Å². The van der Waals surface area contributed by atoms with Crippen molar-refractivity contribution in [3.8, 4) is 0 Å². The quantitative estimate of drug-likeness (QED) is 0.734. The first-order valence-electron chi connectivity index (χ1n) is 8.44. The Balaban J connectivity index is 1.73. The summed E-state index contributed by atoms with van der Waals surface area (Å²) < 4.78 is 24.8. The van der Waals surface area contributed by atoms with Crippen molar-refractivity contribution in [2.45, 2.75) is 25.3 Å². The molecule has 27 heavy (non-hydrogen) atoms. The van der Waals surface area contributed by atoms with Crippen molar-refractivity contribution >= 4 is 21.4 Å². The molecule has 3 rings (SSSR count). The molecule has 0 saturated carbocycles. The van der Waals surface area contributed by atoms with E-state index in [1.165, 1.54) is 17.7 Å². The molecule has 0 aliphatic rings. The summed E-state index contributed by atoms with van der Waals surface area (Å²) in [6, 6.07) is 15.9. The Bertz CT molecular complexity index is 1070. The van der Waals surface area contributed by atoms with E-state index in [1.54, 1.807) is 22.9 Å². The topological polar surface area (TPSA) is 81.1 Å². The van der Waals surface area contributed by atoms with Crippen LogP contribution in [0.2, 0.25) is 0 Å². The number of amides is 1. The van der Waals surface area contributed by atoms with E-state index in [2.05, 4.69) is 10.4 Å². The molecule has 0 aliphatic heterocycles. The minimum absolute atomic E-state index is 0.207. The minimum atomic E-state index is -3.26. The standard InChI is InChI=1S/C20H21N3O3S/c1-14-4-6-16(7-5-14)13-23-15(2)12-19(22-23)20(24)21-17-8-10-18(11-9-17)27(3,25)26/h4-12H,13H2,1-3H3,(H,21,24). The highest BCUT2D eigenvalue weighted by molar-refractivity contribution is 7.90. The number of nitrogens with zero attached hydrogens (tertiary/aromatic N) is 2. The first-order valence-corrected chi connectivity index (χ1v) is 10.3. The molecule has 1 amide bonds. The van der Waals surface area contributed by atoms with Crippen LogP contribution in [0.4, 0.5) is 5.69 Å². The SMILES string of the molecule is Cc1ccc(Cn2nc(C(=O)Nc3ccc(S(C)(=O)=O)cc3)cc2C)cc1. The number of benzene rings is 2. The van der Waals surface area contributed by atoms with Gasteiger partial charge < -0.3 is 5.32 Å². The van der Waals surface area contributed by atoms with Crippen LogP contribution in [-0.4, -0.2) is 30.4 Å². The van der Waals surface area contributed by atoms with Crippen LogP contribution in [-0.2, 0) is 16.4 Å². The second-order valence-corrected chi connectivity index (χ2v) is 8.58. The van der Waals surface area contributed by atoms with Gasteiger partial charge in [0.05, 0.1) is 11.4 Å². The van der Waals surface area contributed by atoms with Crippen LogP contribution in [0.3, 0.4) is 0 Å². The Morgan fingerprint density at radius 1 is 1.04 bits per heavy atom. The first-order chi connectivity index (χ1) is 12.7. The van der Waals surface area contributed by atoms with E-state index >= 15 is 0 Å². The van der Waals surface area contributed by atoms with Gasteiger partial charge in [-0.2, -0.15) is 5.10 Å². The van der Waals surface area contributed by atoms with Crippen molar-refractivity contribution in [2.24, 2.45) is 0 Å².